The molecule has 3 rings (SSSR count). The first kappa shape index (κ1) is 27.6. The van der Waals surface area contributed by atoms with Crippen LogP contribution in [0.25, 0.3) is 0 Å². The van der Waals surface area contributed by atoms with E-state index in [1.165, 1.54) is 6.07 Å². The highest BCUT2D eigenvalue weighted by Crippen LogP contribution is 2.37. The smallest absolute Gasteiger partial charge is 0.416 e. The van der Waals surface area contributed by atoms with Crippen molar-refractivity contribution in [1.29, 1.82) is 0 Å². The fraction of sp³-hybridized carbons (Fsp3) is 0.130. The molecule has 3 aromatic carbocycles. The Labute approximate surface area is 216 Å². The molecule has 0 aliphatic carbocycles. The van der Waals surface area contributed by atoms with Gasteiger partial charge in [-0.25, -0.2) is 9.59 Å². The van der Waals surface area contributed by atoms with Crippen LogP contribution in [0.4, 0.5) is 29.3 Å². The number of carbonyl (C=O) groups is 2. The molecule has 37 heavy (non-hydrogen) atoms. The summed E-state index contributed by atoms with van der Waals surface area (Å²) in [6.45, 7) is -0.807. The quantitative estimate of drug-likeness (QED) is 0.135. The lowest BCUT2D eigenvalue weighted by molar-refractivity contribution is -0.385. The summed E-state index contributed by atoms with van der Waals surface area (Å²) >= 11 is 11.7. The minimum atomic E-state index is -4.62. The van der Waals surface area contributed by atoms with Crippen molar-refractivity contribution in [3.63, 3.8) is 0 Å². The molecule has 0 fully saturated rings. The van der Waals surface area contributed by atoms with E-state index in [0.717, 1.165) is 30.3 Å². The predicted molar refractivity (Wildman–Crippen MR) is 126 cm³/mol. The Hall–Kier alpha value is -4.03. The molecule has 0 atom stereocenters. The van der Waals surface area contributed by atoms with Gasteiger partial charge in [0.25, 0.3) is 5.69 Å². The van der Waals surface area contributed by atoms with Crippen molar-refractivity contribution < 1.29 is 41.9 Å². The van der Waals surface area contributed by atoms with Crippen LogP contribution in [0, 0.1) is 10.1 Å². The Morgan fingerprint density at radius 1 is 0.973 bits per heavy atom. The van der Waals surface area contributed by atoms with Gasteiger partial charge in [-0.15, -0.1) is 0 Å². The Morgan fingerprint density at radius 3 is 2.35 bits per heavy atom. The molecule has 9 nitrogen and oxygen atoms in total. The highest BCUT2D eigenvalue weighted by Gasteiger charge is 2.31. The van der Waals surface area contributed by atoms with Gasteiger partial charge in [-0.1, -0.05) is 29.3 Å². The number of nitro benzene ring substituents is 1. The number of hydrogen-bond acceptors (Lipinski definition) is 7. The maximum absolute atomic E-state index is 12.8. The zero-order valence-corrected chi connectivity index (χ0v) is 19.9. The molecule has 0 saturated carbocycles. The molecule has 14 heteroatoms. The van der Waals surface area contributed by atoms with Gasteiger partial charge in [0, 0.05) is 22.8 Å². The van der Waals surface area contributed by atoms with Crippen LogP contribution in [-0.4, -0.2) is 30.2 Å². The predicted octanol–water partition coefficient (Wildman–Crippen LogP) is 7.12. The summed E-state index contributed by atoms with van der Waals surface area (Å²) in [4.78, 5) is 34.8. The summed E-state index contributed by atoms with van der Waals surface area (Å²) in [5.74, 6) is -1.44. The van der Waals surface area contributed by atoms with E-state index in [2.05, 4.69) is 5.32 Å². The summed E-state index contributed by atoms with van der Waals surface area (Å²) in [6, 6.07) is 11.7. The number of nitrogens with one attached hydrogen (secondary N) is 1. The van der Waals surface area contributed by atoms with E-state index in [1.807, 2.05) is 0 Å². The molecule has 0 aliphatic heterocycles. The number of amides is 1. The molecule has 0 radical (unpaired) electrons. The zero-order chi connectivity index (χ0) is 27.2. The van der Waals surface area contributed by atoms with Crippen LogP contribution in [0.3, 0.4) is 0 Å². The van der Waals surface area contributed by atoms with Crippen LogP contribution < -0.4 is 10.1 Å². The summed E-state index contributed by atoms with van der Waals surface area (Å²) < 4.78 is 53.7. The first-order chi connectivity index (χ1) is 17.4. The van der Waals surface area contributed by atoms with E-state index in [-0.39, 0.29) is 23.1 Å². The average Bonchev–Trinajstić information content (AvgIpc) is 2.82. The van der Waals surface area contributed by atoms with Crippen molar-refractivity contribution in [3.8, 4) is 11.5 Å². The van der Waals surface area contributed by atoms with E-state index >= 15 is 0 Å². The van der Waals surface area contributed by atoms with Gasteiger partial charge >= 0.3 is 18.2 Å². The summed E-state index contributed by atoms with van der Waals surface area (Å²) in [6.07, 6.45) is -5.47. The van der Waals surface area contributed by atoms with Crippen molar-refractivity contribution in [1.82, 2.24) is 0 Å². The number of nitro groups is 1. The topological polar surface area (TPSA) is 117 Å². The number of hydrogen-bond donors (Lipinski definition) is 1. The minimum absolute atomic E-state index is 0.128. The van der Waals surface area contributed by atoms with E-state index in [9.17, 15) is 32.9 Å². The number of alkyl halides is 3. The number of halogens is 5. The second-order valence-corrected chi connectivity index (χ2v) is 7.93. The van der Waals surface area contributed by atoms with Gasteiger partial charge in [0.2, 0.25) is 0 Å². The van der Waals surface area contributed by atoms with Gasteiger partial charge in [0.1, 0.15) is 30.3 Å². The largest absolute Gasteiger partial charge is 0.458 e. The van der Waals surface area contributed by atoms with Gasteiger partial charge in [-0.3, -0.25) is 15.4 Å². The number of ether oxygens (including phenoxy) is 3. The van der Waals surface area contributed by atoms with Crippen molar-refractivity contribution in [3.05, 3.63) is 92.0 Å². The van der Waals surface area contributed by atoms with E-state index in [1.54, 1.807) is 18.2 Å². The Balaban J connectivity index is 1.63. The maximum atomic E-state index is 12.8. The molecular formula is C23H15Cl2F3N2O7. The number of anilines is 1. The SMILES string of the molecule is O=C(Nc1cccc(Cl)c1)OCCOC(=O)c1cc(Oc2ccc(C(F)(F)F)cc2Cl)ccc1[N+](=O)[O-]. The minimum Gasteiger partial charge on any atom is -0.458 e. The van der Waals surface area contributed by atoms with Crippen molar-refractivity contribution >= 4 is 46.6 Å². The number of nitrogens with zero attached hydrogens (tertiary/aromatic N) is 1. The third kappa shape index (κ3) is 7.72. The molecule has 0 saturated heterocycles. The third-order valence-electron chi connectivity index (χ3n) is 4.49. The normalized spacial score (nSPS) is 10.9. The van der Waals surface area contributed by atoms with Crippen LogP contribution in [0.15, 0.2) is 60.7 Å². The highest BCUT2D eigenvalue weighted by atomic mass is 35.5. The molecule has 0 bridgehead atoms. The van der Waals surface area contributed by atoms with Gasteiger partial charge in [0.05, 0.1) is 15.5 Å². The van der Waals surface area contributed by atoms with E-state index in [0.29, 0.717) is 16.8 Å². The number of benzene rings is 3. The second-order valence-electron chi connectivity index (χ2n) is 7.09. The molecule has 1 amide bonds. The molecule has 1 N–H and O–H groups in total. The lowest BCUT2D eigenvalue weighted by Gasteiger charge is -2.12. The van der Waals surface area contributed by atoms with E-state index in [4.69, 9.17) is 37.4 Å². The molecule has 0 spiro atoms. The fourth-order valence-corrected chi connectivity index (χ4v) is 3.26. The van der Waals surface area contributed by atoms with E-state index < -0.39 is 46.6 Å². The fourth-order valence-electron chi connectivity index (χ4n) is 2.85. The van der Waals surface area contributed by atoms with Crippen molar-refractivity contribution in [2.75, 3.05) is 18.5 Å². The maximum Gasteiger partial charge on any atom is 0.416 e. The molecule has 0 aliphatic rings. The second kappa shape index (κ2) is 11.8. The number of esters is 1. The monoisotopic (exact) mass is 558 g/mol. The van der Waals surface area contributed by atoms with Gasteiger partial charge in [-0.05, 0) is 42.5 Å². The molecule has 3 aromatic rings. The molecule has 0 heterocycles. The summed E-state index contributed by atoms with van der Waals surface area (Å²) in [7, 11) is 0. The van der Waals surface area contributed by atoms with Gasteiger partial charge in [-0.2, -0.15) is 13.2 Å². The standard InChI is InChI=1S/C23H15Cl2F3N2O7/c24-14-2-1-3-15(11-14)29-22(32)36-9-8-35-21(31)17-12-16(5-6-19(17)30(33)34)37-20-7-4-13(10-18(20)25)23(26,27)28/h1-7,10-12H,8-9H2,(H,29,32). The van der Waals surface area contributed by atoms with Crippen LogP contribution in [-0.2, 0) is 15.7 Å². The van der Waals surface area contributed by atoms with Crippen molar-refractivity contribution in [2.45, 2.75) is 6.18 Å². The van der Waals surface area contributed by atoms with Crippen LogP contribution >= 0.6 is 23.2 Å². The van der Waals surface area contributed by atoms with Crippen molar-refractivity contribution in [2.24, 2.45) is 0 Å². The summed E-state index contributed by atoms with van der Waals surface area (Å²) in [5.41, 5.74) is -1.75. The Kier molecular flexibility index (Phi) is 8.79. The number of carbonyl (C=O) groups excluding carboxylic acids is 2. The molecule has 0 aromatic heterocycles. The first-order valence-electron chi connectivity index (χ1n) is 10.1. The molecular weight excluding hydrogens is 544 g/mol. The average molecular weight is 559 g/mol. The third-order valence-corrected chi connectivity index (χ3v) is 5.02. The lowest BCUT2D eigenvalue weighted by atomic mass is 10.1. The summed E-state index contributed by atoms with van der Waals surface area (Å²) in [5, 5.41) is 13.8. The van der Waals surface area contributed by atoms with Gasteiger partial charge in [0.15, 0.2) is 0 Å². The lowest BCUT2D eigenvalue weighted by Crippen LogP contribution is -2.18. The Bertz CT molecular complexity index is 1340. The van der Waals surface area contributed by atoms with Crippen LogP contribution in [0.1, 0.15) is 15.9 Å². The number of rotatable bonds is 8. The highest BCUT2D eigenvalue weighted by molar-refractivity contribution is 6.32. The van der Waals surface area contributed by atoms with Gasteiger partial charge < -0.3 is 14.2 Å². The Morgan fingerprint density at radius 2 is 1.70 bits per heavy atom. The zero-order valence-electron chi connectivity index (χ0n) is 18.4. The van der Waals surface area contributed by atoms with Crippen LogP contribution in [0.2, 0.25) is 10.0 Å². The molecule has 194 valence electrons. The molecule has 0 unspecified atom stereocenters. The van der Waals surface area contributed by atoms with Crippen LogP contribution in [0.5, 0.6) is 11.5 Å². The first-order valence-corrected chi connectivity index (χ1v) is 10.9.